The van der Waals surface area contributed by atoms with Gasteiger partial charge in [-0.25, -0.2) is 4.98 Å². The highest BCUT2D eigenvalue weighted by molar-refractivity contribution is 5.91. The van der Waals surface area contributed by atoms with Gasteiger partial charge in [0.05, 0.1) is 27.4 Å². The monoisotopic (exact) mass is 391 g/mol. The Morgan fingerprint density at radius 1 is 1.21 bits per heavy atom. The second-order valence-electron chi connectivity index (χ2n) is 6.55. The molecule has 2 aromatic rings. The lowest BCUT2D eigenvalue weighted by Gasteiger charge is -2.26. The molecule has 1 aromatic carbocycles. The van der Waals surface area contributed by atoms with Gasteiger partial charge in [-0.3, -0.25) is 9.69 Å². The van der Waals surface area contributed by atoms with E-state index < -0.39 is 0 Å². The maximum atomic E-state index is 12.1. The standard InChI is InChI=1S/C20H29N3O5/c1-14(2)23(11-15-6-7-16(26-4)10-18(15)27-5)12-19-22-17(13-28-19)20(24)21-8-9-25-3/h6-7,10,13-14H,8-9,11-12H2,1-5H3,(H,21,24). The summed E-state index contributed by atoms with van der Waals surface area (Å²) in [5, 5.41) is 2.73. The summed E-state index contributed by atoms with van der Waals surface area (Å²) in [5.41, 5.74) is 1.29. The fraction of sp³-hybridized carbons (Fsp3) is 0.500. The van der Waals surface area contributed by atoms with Crippen LogP contribution in [0.3, 0.4) is 0 Å². The Labute approximate surface area is 165 Å². The fourth-order valence-corrected chi connectivity index (χ4v) is 2.64. The normalized spacial score (nSPS) is 11.1. The molecular formula is C20H29N3O5. The van der Waals surface area contributed by atoms with Gasteiger partial charge in [-0.15, -0.1) is 0 Å². The minimum Gasteiger partial charge on any atom is -0.497 e. The number of amides is 1. The number of carbonyl (C=O) groups is 1. The first-order valence-electron chi connectivity index (χ1n) is 9.15. The number of hydrogen-bond acceptors (Lipinski definition) is 7. The Hall–Kier alpha value is -2.58. The van der Waals surface area contributed by atoms with Crippen LogP contribution in [0.5, 0.6) is 11.5 Å². The SMILES string of the molecule is COCCNC(=O)c1coc(CN(Cc2ccc(OC)cc2OC)C(C)C)n1. The quantitative estimate of drug-likeness (QED) is 0.589. The van der Waals surface area contributed by atoms with E-state index in [1.807, 2.05) is 18.2 Å². The van der Waals surface area contributed by atoms with Gasteiger partial charge in [0.1, 0.15) is 17.8 Å². The summed E-state index contributed by atoms with van der Waals surface area (Å²) in [5.74, 6) is 1.71. The summed E-state index contributed by atoms with van der Waals surface area (Å²) in [7, 11) is 4.85. The Bertz CT molecular complexity index is 760. The van der Waals surface area contributed by atoms with Crippen molar-refractivity contribution in [1.29, 1.82) is 0 Å². The van der Waals surface area contributed by atoms with Gasteiger partial charge in [-0.1, -0.05) is 6.07 Å². The highest BCUT2D eigenvalue weighted by Crippen LogP contribution is 2.26. The van der Waals surface area contributed by atoms with E-state index >= 15 is 0 Å². The molecule has 2 rings (SSSR count). The van der Waals surface area contributed by atoms with E-state index in [9.17, 15) is 4.79 Å². The molecule has 1 amide bonds. The van der Waals surface area contributed by atoms with Crippen LogP contribution in [-0.2, 0) is 17.8 Å². The van der Waals surface area contributed by atoms with E-state index in [0.29, 0.717) is 32.1 Å². The van der Waals surface area contributed by atoms with E-state index in [2.05, 4.69) is 29.0 Å². The van der Waals surface area contributed by atoms with Gasteiger partial charge in [0, 0.05) is 37.9 Å². The molecule has 0 aliphatic rings. The molecule has 1 N–H and O–H groups in total. The summed E-state index contributed by atoms with van der Waals surface area (Å²) in [4.78, 5) is 18.5. The minimum absolute atomic E-state index is 0.234. The van der Waals surface area contributed by atoms with Crippen LogP contribution in [0.4, 0.5) is 0 Å². The fourth-order valence-electron chi connectivity index (χ4n) is 2.64. The molecule has 1 heterocycles. The number of benzene rings is 1. The summed E-state index contributed by atoms with van der Waals surface area (Å²) in [6.45, 7) is 6.17. The number of ether oxygens (including phenoxy) is 3. The van der Waals surface area contributed by atoms with Crippen LogP contribution in [0.15, 0.2) is 28.9 Å². The molecule has 0 spiro atoms. The number of oxazole rings is 1. The molecule has 8 heteroatoms. The molecule has 0 saturated carbocycles. The lowest BCUT2D eigenvalue weighted by molar-refractivity contribution is 0.0932. The van der Waals surface area contributed by atoms with E-state index in [0.717, 1.165) is 17.1 Å². The number of aromatic nitrogens is 1. The second kappa shape index (κ2) is 10.7. The van der Waals surface area contributed by atoms with E-state index in [1.54, 1.807) is 21.3 Å². The van der Waals surface area contributed by atoms with Gasteiger partial charge in [-0.05, 0) is 19.9 Å². The summed E-state index contributed by atoms with van der Waals surface area (Å²) in [6.07, 6.45) is 1.38. The second-order valence-corrected chi connectivity index (χ2v) is 6.55. The Morgan fingerprint density at radius 2 is 2.00 bits per heavy atom. The largest absolute Gasteiger partial charge is 0.497 e. The molecule has 0 aliphatic heterocycles. The molecule has 0 saturated heterocycles. The zero-order valence-electron chi connectivity index (χ0n) is 17.2. The van der Waals surface area contributed by atoms with Gasteiger partial charge in [0.15, 0.2) is 5.69 Å². The first-order chi connectivity index (χ1) is 13.5. The van der Waals surface area contributed by atoms with Crippen molar-refractivity contribution in [2.75, 3.05) is 34.5 Å². The summed E-state index contributed by atoms with van der Waals surface area (Å²) >= 11 is 0. The molecule has 28 heavy (non-hydrogen) atoms. The number of methoxy groups -OCH3 is 3. The van der Waals surface area contributed by atoms with Crippen LogP contribution < -0.4 is 14.8 Å². The highest BCUT2D eigenvalue weighted by atomic mass is 16.5. The predicted octanol–water partition coefficient (Wildman–Crippen LogP) is 2.48. The number of nitrogens with one attached hydrogen (secondary N) is 1. The van der Waals surface area contributed by atoms with Crippen molar-refractivity contribution in [2.24, 2.45) is 0 Å². The maximum Gasteiger partial charge on any atom is 0.273 e. The van der Waals surface area contributed by atoms with Gasteiger partial charge in [0.25, 0.3) is 5.91 Å². The van der Waals surface area contributed by atoms with Crippen LogP contribution in [-0.4, -0.2) is 56.3 Å². The zero-order chi connectivity index (χ0) is 20.5. The van der Waals surface area contributed by atoms with E-state index in [-0.39, 0.29) is 17.6 Å². The Balaban J connectivity index is 2.07. The predicted molar refractivity (Wildman–Crippen MR) is 105 cm³/mol. The number of nitrogens with zero attached hydrogens (tertiary/aromatic N) is 2. The summed E-state index contributed by atoms with van der Waals surface area (Å²) in [6, 6.07) is 5.99. The van der Waals surface area contributed by atoms with Crippen molar-refractivity contribution < 1.29 is 23.4 Å². The number of hydrogen-bond donors (Lipinski definition) is 1. The third-order valence-electron chi connectivity index (χ3n) is 4.31. The van der Waals surface area contributed by atoms with Crippen LogP contribution >= 0.6 is 0 Å². The van der Waals surface area contributed by atoms with Crippen molar-refractivity contribution in [1.82, 2.24) is 15.2 Å². The molecule has 0 bridgehead atoms. The van der Waals surface area contributed by atoms with Crippen LogP contribution in [0.2, 0.25) is 0 Å². The van der Waals surface area contributed by atoms with Crippen molar-refractivity contribution >= 4 is 5.91 Å². The molecule has 0 radical (unpaired) electrons. The third kappa shape index (κ3) is 5.97. The Kier molecular flexibility index (Phi) is 8.28. The van der Waals surface area contributed by atoms with Crippen molar-refractivity contribution in [2.45, 2.75) is 33.0 Å². The first kappa shape index (κ1) is 21.7. The van der Waals surface area contributed by atoms with E-state index in [4.69, 9.17) is 18.6 Å². The maximum absolute atomic E-state index is 12.1. The molecule has 1 aromatic heterocycles. The number of carbonyl (C=O) groups excluding carboxylic acids is 1. The lowest BCUT2D eigenvalue weighted by atomic mass is 10.1. The zero-order valence-corrected chi connectivity index (χ0v) is 17.2. The van der Waals surface area contributed by atoms with Gasteiger partial charge >= 0.3 is 0 Å². The average Bonchev–Trinajstić information content (AvgIpc) is 3.16. The van der Waals surface area contributed by atoms with Gasteiger partial charge < -0.3 is 23.9 Å². The molecular weight excluding hydrogens is 362 g/mol. The van der Waals surface area contributed by atoms with Crippen molar-refractivity contribution in [3.63, 3.8) is 0 Å². The van der Waals surface area contributed by atoms with Crippen molar-refractivity contribution in [3.05, 3.63) is 41.6 Å². The molecule has 0 fully saturated rings. The number of rotatable bonds is 11. The third-order valence-corrected chi connectivity index (χ3v) is 4.31. The average molecular weight is 391 g/mol. The molecule has 0 atom stereocenters. The van der Waals surface area contributed by atoms with Crippen molar-refractivity contribution in [3.8, 4) is 11.5 Å². The molecule has 8 nitrogen and oxygen atoms in total. The molecule has 0 aliphatic carbocycles. The lowest BCUT2D eigenvalue weighted by Crippen LogP contribution is -2.30. The minimum atomic E-state index is -0.278. The van der Waals surface area contributed by atoms with Crippen LogP contribution in [0, 0.1) is 0 Å². The van der Waals surface area contributed by atoms with Crippen LogP contribution in [0.25, 0.3) is 0 Å². The highest BCUT2D eigenvalue weighted by Gasteiger charge is 2.18. The smallest absolute Gasteiger partial charge is 0.273 e. The van der Waals surface area contributed by atoms with Crippen LogP contribution in [0.1, 0.15) is 35.8 Å². The molecule has 154 valence electrons. The van der Waals surface area contributed by atoms with Gasteiger partial charge in [-0.2, -0.15) is 0 Å². The van der Waals surface area contributed by atoms with E-state index in [1.165, 1.54) is 6.26 Å². The Morgan fingerprint density at radius 3 is 2.64 bits per heavy atom. The topological polar surface area (TPSA) is 86.1 Å². The molecule has 0 unspecified atom stereocenters. The first-order valence-corrected chi connectivity index (χ1v) is 9.15. The van der Waals surface area contributed by atoms with Gasteiger partial charge in [0.2, 0.25) is 5.89 Å². The summed E-state index contributed by atoms with van der Waals surface area (Å²) < 4.78 is 21.2.